The standard InChI is InChI=1S/C20H17NO4/c1-20(2,19(23)24)25-18-10-15-14(6-7-17(15)22)9-16(18)13-5-3-4-12(8-13)11-21/h3-5,8-10H,6-7H2,1-2H3,(H,23,24). The fraction of sp³-hybridized carbons (Fsp3) is 0.250. The monoisotopic (exact) mass is 335 g/mol. The van der Waals surface area contributed by atoms with Crippen LogP contribution in [0.25, 0.3) is 11.1 Å². The number of Topliss-reactive ketones (excluding diaryl/α,β-unsaturated/α-hetero) is 1. The summed E-state index contributed by atoms with van der Waals surface area (Å²) in [5, 5.41) is 18.5. The highest BCUT2D eigenvalue weighted by Gasteiger charge is 2.32. The van der Waals surface area contributed by atoms with Crippen LogP contribution in [0.2, 0.25) is 0 Å². The van der Waals surface area contributed by atoms with E-state index in [1.54, 1.807) is 24.3 Å². The molecule has 1 aliphatic rings. The van der Waals surface area contributed by atoms with E-state index in [1.807, 2.05) is 12.1 Å². The van der Waals surface area contributed by atoms with Crippen LogP contribution in [0.1, 0.15) is 41.8 Å². The van der Waals surface area contributed by atoms with E-state index < -0.39 is 11.6 Å². The van der Waals surface area contributed by atoms with Crippen LogP contribution >= 0.6 is 0 Å². The number of hydrogen-bond acceptors (Lipinski definition) is 4. The topological polar surface area (TPSA) is 87.4 Å². The Bertz CT molecular complexity index is 922. The number of fused-ring (bicyclic) bond motifs is 1. The van der Waals surface area contributed by atoms with E-state index in [1.165, 1.54) is 13.8 Å². The van der Waals surface area contributed by atoms with E-state index in [-0.39, 0.29) is 5.78 Å². The largest absolute Gasteiger partial charge is 0.478 e. The summed E-state index contributed by atoms with van der Waals surface area (Å²) in [6.45, 7) is 2.92. The van der Waals surface area contributed by atoms with Crippen LogP contribution in [0.15, 0.2) is 36.4 Å². The lowest BCUT2D eigenvalue weighted by Gasteiger charge is -2.24. The van der Waals surface area contributed by atoms with Crippen molar-refractivity contribution in [3.63, 3.8) is 0 Å². The van der Waals surface area contributed by atoms with E-state index in [2.05, 4.69) is 6.07 Å². The molecule has 5 nitrogen and oxygen atoms in total. The molecule has 0 heterocycles. The Morgan fingerprint density at radius 3 is 2.64 bits per heavy atom. The molecular formula is C20H17NO4. The van der Waals surface area contributed by atoms with Gasteiger partial charge in [0.05, 0.1) is 11.6 Å². The van der Waals surface area contributed by atoms with Gasteiger partial charge in [0.2, 0.25) is 0 Å². The Morgan fingerprint density at radius 1 is 1.20 bits per heavy atom. The number of nitriles is 1. The first-order chi connectivity index (χ1) is 11.8. The van der Waals surface area contributed by atoms with E-state index in [4.69, 9.17) is 10.00 Å². The van der Waals surface area contributed by atoms with Gasteiger partial charge in [0, 0.05) is 17.5 Å². The number of ether oxygens (including phenoxy) is 1. The van der Waals surface area contributed by atoms with Crippen molar-refractivity contribution in [2.75, 3.05) is 0 Å². The maximum absolute atomic E-state index is 12.1. The number of carboxylic acid groups (broad SMARTS) is 1. The lowest BCUT2D eigenvalue weighted by atomic mass is 9.97. The fourth-order valence-corrected chi connectivity index (χ4v) is 2.86. The molecule has 126 valence electrons. The third kappa shape index (κ3) is 3.11. The molecule has 0 saturated carbocycles. The number of aliphatic carboxylic acids is 1. The number of carbonyl (C=O) groups excluding carboxylic acids is 1. The van der Waals surface area contributed by atoms with Gasteiger partial charge in [0.1, 0.15) is 5.75 Å². The first-order valence-corrected chi connectivity index (χ1v) is 7.95. The number of nitrogens with zero attached hydrogens (tertiary/aromatic N) is 1. The lowest BCUT2D eigenvalue weighted by Crippen LogP contribution is -2.38. The van der Waals surface area contributed by atoms with Crippen LogP contribution in [0.5, 0.6) is 5.75 Å². The summed E-state index contributed by atoms with van der Waals surface area (Å²) in [6.07, 6.45) is 1.10. The molecule has 0 aliphatic heterocycles. The summed E-state index contributed by atoms with van der Waals surface area (Å²) < 4.78 is 5.76. The van der Waals surface area contributed by atoms with E-state index in [0.717, 1.165) is 11.1 Å². The van der Waals surface area contributed by atoms with Gasteiger partial charge < -0.3 is 9.84 Å². The quantitative estimate of drug-likeness (QED) is 0.922. The Morgan fingerprint density at radius 2 is 1.96 bits per heavy atom. The van der Waals surface area contributed by atoms with Gasteiger partial charge in [-0.05, 0) is 55.7 Å². The fourth-order valence-electron chi connectivity index (χ4n) is 2.86. The summed E-state index contributed by atoms with van der Waals surface area (Å²) in [5.41, 5.74) is 1.98. The van der Waals surface area contributed by atoms with Crippen LogP contribution in [-0.4, -0.2) is 22.5 Å². The highest BCUT2D eigenvalue weighted by molar-refractivity contribution is 6.01. The van der Waals surface area contributed by atoms with Crippen molar-refractivity contribution in [1.29, 1.82) is 5.26 Å². The Balaban J connectivity index is 2.17. The van der Waals surface area contributed by atoms with Gasteiger partial charge in [-0.1, -0.05) is 12.1 Å². The van der Waals surface area contributed by atoms with Gasteiger partial charge in [-0.3, -0.25) is 4.79 Å². The van der Waals surface area contributed by atoms with Crippen LogP contribution < -0.4 is 4.74 Å². The molecule has 2 aromatic rings. The van der Waals surface area contributed by atoms with E-state index in [9.17, 15) is 14.7 Å². The molecule has 0 fully saturated rings. The molecule has 2 aromatic carbocycles. The number of benzene rings is 2. The highest BCUT2D eigenvalue weighted by atomic mass is 16.5. The molecule has 0 saturated heterocycles. The first-order valence-electron chi connectivity index (χ1n) is 7.95. The summed E-state index contributed by atoms with van der Waals surface area (Å²) in [5.74, 6) is -0.738. The Hall–Kier alpha value is -3.13. The lowest BCUT2D eigenvalue weighted by molar-refractivity contribution is -0.152. The molecule has 0 amide bonds. The maximum atomic E-state index is 12.1. The minimum absolute atomic E-state index is 0.0327. The van der Waals surface area contributed by atoms with Crippen LogP contribution in [0, 0.1) is 11.3 Å². The summed E-state index contributed by atoms with van der Waals surface area (Å²) >= 11 is 0. The zero-order valence-electron chi connectivity index (χ0n) is 14.0. The smallest absolute Gasteiger partial charge is 0.347 e. The normalized spacial score (nSPS) is 13.2. The van der Waals surface area contributed by atoms with Crippen molar-refractivity contribution in [3.8, 4) is 22.9 Å². The minimum Gasteiger partial charge on any atom is -0.478 e. The number of ketones is 1. The number of carboxylic acids is 1. The van der Waals surface area contributed by atoms with Crippen molar-refractivity contribution >= 4 is 11.8 Å². The molecule has 0 bridgehead atoms. The minimum atomic E-state index is -1.45. The third-order valence-corrected chi connectivity index (χ3v) is 4.31. The molecule has 0 aromatic heterocycles. The van der Waals surface area contributed by atoms with Crippen LogP contribution in [-0.2, 0) is 11.2 Å². The SMILES string of the molecule is CC(C)(Oc1cc2c(cc1-c1cccc(C#N)c1)CCC2=O)C(=O)O. The summed E-state index contributed by atoms with van der Waals surface area (Å²) in [7, 11) is 0. The van der Waals surface area contributed by atoms with E-state index >= 15 is 0 Å². The number of aryl methyl sites for hydroxylation is 1. The van der Waals surface area contributed by atoms with E-state index in [0.29, 0.717) is 35.3 Å². The maximum Gasteiger partial charge on any atom is 0.347 e. The second-order valence-electron chi connectivity index (χ2n) is 6.54. The average Bonchev–Trinajstić information content (AvgIpc) is 2.94. The Labute approximate surface area is 145 Å². The van der Waals surface area contributed by atoms with Crippen molar-refractivity contribution in [1.82, 2.24) is 0 Å². The third-order valence-electron chi connectivity index (χ3n) is 4.31. The summed E-state index contributed by atoms with van der Waals surface area (Å²) in [6, 6.07) is 12.6. The molecule has 0 spiro atoms. The second kappa shape index (κ2) is 6.06. The average molecular weight is 335 g/mol. The molecular weight excluding hydrogens is 318 g/mol. The second-order valence-corrected chi connectivity index (χ2v) is 6.54. The first kappa shape index (κ1) is 16.7. The van der Waals surface area contributed by atoms with Crippen LogP contribution in [0.4, 0.5) is 0 Å². The highest BCUT2D eigenvalue weighted by Crippen LogP contribution is 2.38. The van der Waals surface area contributed by atoms with Gasteiger partial charge in [-0.25, -0.2) is 4.79 Å². The zero-order valence-corrected chi connectivity index (χ0v) is 14.0. The molecule has 0 unspecified atom stereocenters. The predicted molar refractivity (Wildman–Crippen MR) is 91.6 cm³/mol. The number of carbonyl (C=O) groups is 2. The number of rotatable bonds is 4. The predicted octanol–water partition coefficient (Wildman–Crippen LogP) is 3.60. The molecule has 0 radical (unpaired) electrons. The molecule has 1 N–H and O–H groups in total. The van der Waals surface area contributed by atoms with Gasteiger partial charge >= 0.3 is 5.97 Å². The van der Waals surface area contributed by atoms with Gasteiger partial charge in [-0.15, -0.1) is 0 Å². The Kier molecular flexibility index (Phi) is 4.05. The van der Waals surface area contributed by atoms with Gasteiger partial charge in [0.15, 0.2) is 11.4 Å². The molecule has 1 aliphatic carbocycles. The summed E-state index contributed by atoms with van der Waals surface area (Å²) in [4.78, 5) is 23.5. The van der Waals surface area contributed by atoms with Crippen molar-refractivity contribution in [3.05, 3.63) is 53.1 Å². The van der Waals surface area contributed by atoms with Crippen molar-refractivity contribution in [2.45, 2.75) is 32.3 Å². The van der Waals surface area contributed by atoms with Gasteiger partial charge in [0.25, 0.3) is 0 Å². The molecule has 0 atom stereocenters. The molecule has 3 rings (SSSR count). The molecule has 5 heteroatoms. The zero-order chi connectivity index (χ0) is 18.2. The van der Waals surface area contributed by atoms with Crippen molar-refractivity contribution < 1.29 is 19.4 Å². The van der Waals surface area contributed by atoms with Crippen LogP contribution in [0.3, 0.4) is 0 Å². The van der Waals surface area contributed by atoms with Gasteiger partial charge in [-0.2, -0.15) is 5.26 Å². The number of hydrogen-bond donors (Lipinski definition) is 1. The molecule has 25 heavy (non-hydrogen) atoms. The van der Waals surface area contributed by atoms with Crippen molar-refractivity contribution in [2.24, 2.45) is 0 Å².